The van der Waals surface area contributed by atoms with E-state index in [9.17, 15) is 9.90 Å². The van der Waals surface area contributed by atoms with Crippen LogP contribution in [0, 0.1) is 5.41 Å². The summed E-state index contributed by atoms with van der Waals surface area (Å²) >= 11 is 0. The van der Waals surface area contributed by atoms with Gasteiger partial charge in [-0.2, -0.15) is 0 Å². The van der Waals surface area contributed by atoms with Gasteiger partial charge >= 0.3 is 0 Å². The third kappa shape index (κ3) is 4.34. The van der Waals surface area contributed by atoms with Gasteiger partial charge in [-0.15, -0.1) is 0 Å². The molecule has 0 saturated carbocycles. The molecule has 1 rings (SSSR count). The first-order valence-electron chi connectivity index (χ1n) is 7.15. The van der Waals surface area contributed by atoms with Gasteiger partial charge in [0.15, 0.2) is 0 Å². The van der Waals surface area contributed by atoms with Crippen LogP contribution in [0.1, 0.15) is 45.2 Å². The monoisotopic (exact) mass is 278 g/mol. The van der Waals surface area contributed by atoms with Crippen molar-refractivity contribution in [3.05, 3.63) is 29.3 Å². The molecule has 0 saturated heterocycles. The van der Waals surface area contributed by atoms with Crippen molar-refractivity contribution in [3.63, 3.8) is 0 Å². The molecule has 1 N–H and O–H groups in total. The van der Waals surface area contributed by atoms with E-state index in [0.29, 0.717) is 19.3 Å². The Morgan fingerprint density at radius 1 is 1.35 bits per heavy atom. The highest BCUT2D eigenvalue weighted by atomic mass is 16.5. The summed E-state index contributed by atoms with van der Waals surface area (Å²) in [4.78, 5) is 12.2. The summed E-state index contributed by atoms with van der Waals surface area (Å²) in [6.07, 6.45) is 1.18. The van der Waals surface area contributed by atoms with E-state index in [-0.39, 0.29) is 11.2 Å². The van der Waals surface area contributed by atoms with Gasteiger partial charge in [0.05, 0.1) is 13.2 Å². The molecule has 0 amide bonds. The van der Waals surface area contributed by atoms with E-state index in [4.69, 9.17) is 4.74 Å². The highest BCUT2D eigenvalue weighted by Crippen LogP contribution is 2.27. The molecule has 1 aromatic rings. The molecular formula is C17H26O3. The number of methoxy groups -OCH3 is 1. The van der Waals surface area contributed by atoms with Crippen LogP contribution in [0.25, 0.3) is 0 Å². The number of aliphatic hydroxyl groups excluding tert-OH is 1. The van der Waals surface area contributed by atoms with Crippen LogP contribution in [0.2, 0.25) is 0 Å². The maximum absolute atomic E-state index is 12.2. The predicted molar refractivity (Wildman–Crippen MR) is 81.2 cm³/mol. The molecule has 0 heterocycles. The van der Waals surface area contributed by atoms with Crippen molar-refractivity contribution in [1.29, 1.82) is 0 Å². The maximum atomic E-state index is 12.2. The van der Waals surface area contributed by atoms with Crippen LogP contribution < -0.4 is 4.74 Å². The SMILES string of the molecule is CCC(O)Cc1c(CC(=O)C(C)(C)C)cccc1OC. The molecule has 1 unspecified atom stereocenters. The van der Waals surface area contributed by atoms with E-state index in [1.54, 1.807) is 7.11 Å². The number of Topliss-reactive ketones (excluding diaryl/α,β-unsaturated/α-hetero) is 1. The molecule has 0 spiro atoms. The minimum atomic E-state index is -0.408. The number of rotatable bonds is 6. The number of aliphatic hydroxyl groups is 1. The van der Waals surface area contributed by atoms with Gasteiger partial charge < -0.3 is 9.84 Å². The van der Waals surface area contributed by atoms with Crippen molar-refractivity contribution in [3.8, 4) is 5.75 Å². The lowest BCUT2D eigenvalue weighted by Crippen LogP contribution is -2.23. The van der Waals surface area contributed by atoms with Crippen molar-refractivity contribution in [2.45, 2.75) is 53.1 Å². The van der Waals surface area contributed by atoms with E-state index < -0.39 is 6.10 Å². The highest BCUT2D eigenvalue weighted by molar-refractivity contribution is 5.86. The summed E-state index contributed by atoms with van der Waals surface area (Å²) in [5, 5.41) is 9.91. The van der Waals surface area contributed by atoms with Crippen LogP contribution in [-0.2, 0) is 17.6 Å². The van der Waals surface area contributed by atoms with Crippen LogP contribution in [0.5, 0.6) is 5.75 Å². The molecule has 0 aliphatic carbocycles. The fourth-order valence-electron chi connectivity index (χ4n) is 2.02. The molecule has 1 atom stereocenters. The Bertz CT molecular complexity index is 458. The van der Waals surface area contributed by atoms with Gasteiger partial charge in [0.25, 0.3) is 0 Å². The summed E-state index contributed by atoms with van der Waals surface area (Å²) in [7, 11) is 1.62. The Morgan fingerprint density at radius 2 is 2.00 bits per heavy atom. The number of hydrogen-bond acceptors (Lipinski definition) is 3. The van der Waals surface area contributed by atoms with Crippen molar-refractivity contribution in [2.24, 2.45) is 5.41 Å². The first-order chi connectivity index (χ1) is 9.29. The van der Waals surface area contributed by atoms with Crippen LogP contribution in [0.4, 0.5) is 0 Å². The minimum Gasteiger partial charge on any atom is -0.496 e. The number of ketones is 1. The Hall–Kier alpha value is -1.35. The third-order valence-electron chi connectivity index (χ3n) is 3.55. The van der Waals surface area contributed by atoms with Crippen molar-refractivity contribution < 1.29 is 14.6 Å². The van der Waals surface area contributed by atoms with Gasteiger partial charge in [0.2, 0.25) is 0 Å². The molecule has 1 aromatic carbocycles. The molecule has 0 fully saturated rings. The second-order valence-electron chi connectivity index (χ2n) is 6.21. The molecule has 0 aliphatic rings. The lowest BCUT2D eigenvalue weighted by Gasteiger charge is -2.20. The lowest BCUT2D eigenvalue weighted by molar-refractivity contribution is -0.125. The summed E-state index contributed by atoms with van der Waals surface area (Å²) in [5.41, 5.74) is 1.54. The first kappa shape index (κ1) is 16.7. The number of hydrogen-bond donors (Lipinski definition) is 1. The molecule has 3 nitrogen and oxygen atoms in total. The van der Waals surface area contributed by atoms with Crippen LogP contribution in [0.15, 0.2) is 18.2 Å². The minimum absolute atomic E-state index is 0.193. The Labute approximate surface area is 122 Å². The summed E-state index contributed by atoms with van der Waals surface area (Å²) in [6, 6.07) is 5.72. The van der Waals surface area contributed by atoms with Crippen molar-refractivity contribution in [2.75, 3.05) is 7.11 Å². The number of ether oxygens (including phenoxy) is 1. The third-order valence-corrected chi connectivity index (χ3v) is 3.55. The Balaban J connectivity index is 3.09. The number of carbonyl (C=O) groups excluding carboxylic acids is 1. The smallest absolute Gasteiger partial charge is 0.142 e. The fourth-order valence-corrected chi connectivity index (χ4v) is 2.02. The summed E-state index contributed by atoms with van der Waals surface area (Å²) < 4.78 is 5.38. The van der Waals surface area contributed by atoms with E-state index in [0.717, 1.165) is 16.9 Å². The topological polar surface area (TPSA) is 46.5 Å². The second-order valence-corrected chi connectivity index (χ2v) is 6.21. The predicted octanol–water partition coefficient (Wildman–Crippen LogP) is 3.17. The number of benzene rings is 1. The normalized spacial score (nSPS) is 13.1. The fraction of sp³-hybridized carbons (Fsp3) is 0.588. The zero-order valence-electron chi connectivity index (χ0n) is 13.2. The summed E-state index contributed by atoms with van der Waals surface area (Å²) in [5.74, 6) is 0.940. The molecule has 0 bridgehead atoms. The average Bonchev–Trinajstić information content (AvgIpc) is 2.39. The van der Waals surface area contributed by atoms with Crippen LogP contribution in [-0.4, -0.2) is 24.1 Å². The zero-order valence-corrected chi connectivity index (χ0v) is 13.2. The maximum Gasteiger partial charge on any atom is 0.142 e. The molecule has 0 aliphatic heterocycles. The zero-order chi connectivity index (χ0) is 15.3. The molecule has 0 aromatic heterocycles. The van der Waals surface area contributed by atoms with Gasteiger partial charge in [-0.3, -0.25) is 4.79 Å². The first-order valence-corrected chi connectivity index (χ1v) is 7.15. The molecular weight excluding hydrogens is 252 g/mol. The average molecular weight is 278 g/mol. The number of carbonyl (C=O) groups is 1. The van der Waals surface area contributed by atoms with E-state index in [2.05, 4.69) is 0 Å². The molecule has 20 heavy (non-hydrogen) atoms. The van der Waals surface area contributed by atoms with E-state index in [1.165, 1.54) is 0 Å². The largest absolute Gasteiger partial charge is 0.496 e. The second kappa shape index (κ2) is 6.89. The molecule has 3 heteroatoms. The van der Waals surface area contributed by atoms with E-state index >= 15 is 0 Å². The highest BCUT2D eigenvalue weighted by Gasteiger charge is 2.23. The molecule has 0 radical (unpaired) electrons. The van der Waals surface area contributed by atoms with Crippen molar-refractivity contribution in [1.82, 2.24) is 0 Å². The van der Waals surface area contributed by atoms with E-state index in [1.807, 2.05) is 45.9 Å². The van der Waals surface area contributed by atoms with Gasteiger partial charge in [-0.1, -0.05) is 39.8 Å². The van der Waals surface area contributed by atoms with Gasteiger partial charge in [0.1, 0.15) is 11.5 Å². The summed E-state index contributed by atoms with van der Waals surface area (Å²) in [6.45, 7) is 7.72. The van der Waals surface area contributed by atoms with Crippen LogP contribution in [0.3, 0.4) is 0 Å². The van der Waals surface area contributed by atoms with Gasteiger partial charge in [0, 0.05) is 23.8 Å². The van der Waals surface area contributed by atoms with Gasteiger partial charge in [-0.05, 0) is 18.1 Å². The van der Waals surface area contributed by atoms with Crippen molar-refractivity contribution >= 4 is 5.78 Å². The van der Waals surface area contributed by atoms with Gasteiger partial charge in [-0.25, -0.2) is 0 Å². The lowest BCUT2D eigenvalue weighted by atomic mass is 9.85. The standard InChI is InChI=1S/C17H26O3/c1-6-13(18)11-14-12(8-7-9-15(14)20-5)10-16(19)17(2,3)4/h7-9,13,18H,6,10-11H2,1-5H3. The molecule has 112 valence electrons. The quantitative estimate of drug-likeness (QED) is 0.869. The Morgan fingerprint density at radius 3 is 2.50 bits per heavy atom. The van der Waals surface area contributed by atoms with Crippen LogP contribution >= 0.6 is 0 Å². The Kier molecular flexibility index (Phi) is 5.75.